The van der Waals surface area contributed by atoms with Gasteiger partial charge in [-0.1, -0.05) is 33.8 Å². The van der Waals surface area contributed by atoms with Crippen LogP contribution in [-0.4, -0.2) is 4.98 Å². The largest absolute Gasteiger partial charge is 0.261 e. The zero-order valence-electron chi connectivity index (χ0n) is 11.6. The summed E-state index contributed by atoms with van der Waals surface area (Å²) >= 11 is 0. The predicted molar refractivity (Wildman–Crippen MR) is 73.1 cm³/mol. The van der Waals surface area contributed by atoms with Crippen LogP contribution in [0.3, 0.4) is 0 Å². The zero-order valence-corrected chi connectivity index (χ0v) is 11.6. The first-order valence-corrected chi connectivity index (χ1v) is 7.02. The van der Waals surface area contributed by atoms with E-state index in [0.29, 0.717) is 0 Å². The van der Waals surface area contributed by atoms with Crippen molar-refractivity contribution in [2.75, 3.05) is 0 Å². The van der Waals surface area contributed by atoms with Crippen molar-refractivity contribution in [2.24, 2.45) is 17.8 Å². The molecule has 0 radical (unpaired) electrons. The number of pyridine rings is 1. The van der Waals surface area contributed by atoms with Gasteiger partial charge in [-0.3, -0.25) is 4.98 Å². The van der Waals surface area contributed by atoms with Crippen LogP contribution in [0.2, 0.25) is 0 Å². The van der Waals surface area contributed by atoms with Gasteiger partial charge in [0, 0.05) is 17.8 Å². The molecule has 2 rings (SSSR count). The van der Waals surface area contributed by atoms with Crippen molar-refractivity contribution in [3.05, 3.63) is 29.6 Å². The Balaban J connectivity index is 2.01. The number of aromatic nitrogens is 1. The Labute approximate surface area is 106 Å². The maximum absolute atomic E-state index is 4.61. The molecular formula is C16H25N. The van der Waals surface area contributed by atoms with E-state index in [0.717, 1.165) is 23.7 Å². The third-order valence-corrected chi connectivity index (χ3v) is 4.03. The molecule has 0 atom stereocenters. The molecule has 1 heterocycles. The highest BCUT2D eigenvalue weighted by molar-refractivity contribution is 5.20. The minimum atomic E-state index is 0.748. The monoisotopic (exact) mass is 231 g/mol. The van der Waals surface area contributed by atoms with Gasteiger partial charge in [0.05, 0.1) is 0 Å². The van der Waals surface area contributed by atoms with Crippen LogP contribution in [0.1, 0.15) is 57.7 Å². The molecule has 1 aromatic rings. The first-order valence-electron chi connectivity index (χ1n) is 7.02. The van der Waals surface area contributed by atoms with Gasteiger partial charge in [0.15, 0.2) is 0 Å². The van der Waals surface area contributed by atoms with Crippen molar-refractivity contribution in [3.63, 3.8) is 0 Å². The molecule has 0 bridgehead atoms. The van der Waals surface area contributed by atoms with Gasteiger partial charge in [-0.15, -0.1) is 0 Å². The van der Waals surface area contributed by atoms with Crippen molar-refractivity contribution < 1.29 is 0 Å². The summed E-state index contributed by atoms with van der Waals surface area (Å²) in [5, 5.41) is 0. The Hall–Kier alpha value is -0.850. The molecule has 1 aliphatic carbocycles. The van der Waals surface area contributed by atoms with Crippen LogP contribution in [0.4, 0.5) is 0 Å². The Morgan fingerprint density at radius 1 is 1.12 bits per heavy atom. The quantitative estimate of drug-likeness (QED) is 0.730. The maximum atomic E-state index is 4.61. The molecule has 0 amide bonds. The summed E-state index contributed by atoms with van der Waals surface area (Å²) in [6.45, 7) is 9.32. The molecule has 0 spiro atoms. The fraction of sp³-hybridized carbons (Fsp3) is 0.688. The van der Waals surface area contributed by atoms with E-state index in [-0.39, 0.29) is 0 Å². The summed E-state index contributed by atoms with van der Waals surface area (Å²) in [7, 11) is 0. The summed E-state index contributed by atoms with van der Waals surface area (Å²) in [4.78, 5) is 4.61. The Kier molecular flexibility index (Phi) is 3.86. The molecule has 94 valence electrons. The van der Waals surface area contributed by atoms with Crippen LogP contribution in [0, 0.1) is 17.8 Å². The molecule has 0 unspecified atom stereocenters. The molecule has 1 heteroatoms. The fourth-order valence-corrected chi connectivity index (χ4v) is 2.69. The Morgan fingerprint density at radius 2 is 1.76 bits per heavy atom. The summed E-state index contributed by atoms with van der Waals surface area (Å²) in [6.07, 6.45) is 5.96. The summed E-state index contributed by atoms with van der Waals surface area (Å²) in [5.74, 6) is 3.04. The summed E-state index contributed by atoms with van der Waals surface area (Å²) < 4.78 is 0. The van der Waals surface area contributed by atoms with Gasteiger partial charge < -0.3 is 0 Å². The van der Waals surface area contributed by atoms with E-state index in [1.807, 2.05) is 0 Å². The SMILES string of the molecule is CC(C)C(Cc1ccc(C2CC2)nc1)C(C)C. The predicted octanol–water partition coefficient (Wildman–Crippen LogP) is 4.43. The van der Waals surface area contributed by atoms with Gasteiger partial charge in [-0.25, -0.2) is 0 Å². The molecule has 0 saturated heterocycles. The van der Waals surface area contributed by atoms with E-state index in [1.54, 1.807) is 0 Å². The van der Waals surface area contributed by atoms with Crippen molar-refractivity contribution in [2.45, 2.75) is 52.9 Å². The average Bonchev–Trinajstić information content (AvgIpc) is 3.09. The molecular weight excluding hydrogens is 206 g/mol. The van der Waals surface area contributed by atoms with E-state index in [2.05, 4.69) is 51.0 Å². The molecule has 0 N–H and O–H groups in total. The normalized spacial score (nSPS) is 16.2. The Morgan fingerprint density at radius 3 is 2.18 bits per heavy atom. The minimum absolute atomic E-state index is 0.748. The lowest BCUT2D eigenvalue weighted by atomic mass is 9.81. The third kappa shape index (κ3) is 3.31. The highest BCUT2D eigenvalue weighted by Crippen LogP contribution is 2.38. The number of hydrogen-bond donors (Lipinski definition) is 0. The second-order valence-electron chi connectivity index (χ2n) is 6.22. The van der Waals surface area contributed by atoms with Crippen molar-refractivity contribution >= 4 is 0 Å². The van der Waals surface area contributed by atoms with Crippen LogP contribution in [-0.2, 0) is 6.42 Å². The van der Waals surface area contributed by atoms with E-state index < -0.39 is 0 Å². The van der Waals surface area contributed by atoms with Gasteiger partial charge in [-0.05, 0) is 48.6 Å². The molecule has 1 aromatic heterocycles. The van der Waals surface area contributed by atoms with Crippen LogP contribution in [0.15, 0.2) is 18.3 Å². The summed E-state index contributed by atoms with van der Waals surface area (Å²) in [5.41, 5.74) is 2.71. The van der Waals surface area contributed by atoms with Crippen LogP contribution in [0.25, 0.3) is 0 Å². The first-order chi connectivity index (χ1) is 8.08. The van der Waals surface area contributed by atoms with Crippen molar-refractivity contribution in [1.82, 2.24) is 4.98 Å². The zero-order chi connectivity index (χ0) is 12.4. The Bertz CT molecular complexity index is 338. The minimum Gasteiger partial charge on any atom is -0.261 e. The van der Waals surface area contributed by atoms with Crippen molar-refractivity contribution in [3.8, 4) is 0 Å². The van der Waals surface area contributed by atoms with Crippen molar-refractivity contribution in [1.29, 1.82) is 0 Å². The van der Waals surface area contributed by atoms with Gasteiger partial charge in [-0.2, -0.15) is 0 Å². The van der Waals surface area contributed by atoms with Gasteiger partial charge in [0.2, 0.25) is 0 Å². The standard InChI is InChI=1S/C16H25N/c1-11(2)15(12(3)4)9-13-5-8-16(17-10-13)14-6-7-14/h5,8,10-12,14-15H,6-7,9H2,1-4H3. The number of rotatable bonds is 5. The van der Waals surface area contributed by atoms with Gasteiger partial charge in [0.25, 0.3) is 0 Å². The number of nitrogens with zero attached hydrogens (tertiary/aromatic N) is 1. The van der Waals surface area contributed by atoms with Crippen LogP contribution >= 0.6 is 0 Å². The number of hydrogen-bond acceptors (Lipinski definition) is 1. The lowest BCUT2D eigenvalue weighted by molar-refractivity contribution is 0.286. The highest BCUT2D eigenvalue weighted by atomic mass is 14.7. The smallest absolute Gasteiger partial charge is 0.0434 e. The van der Waals surface area contributed by atoms with Gasteiger partial charge >= 0.3 is 0 Å². The van der Waals surface area contributed by atoms with E-state index in [1.165, 1.54) is 30.5 Å². The second-order valence-corrected chi connectivity index (χ2v) is 6.22. The molecule has 17 heavy (non-hydrogen) atoms. The lowest BCUT2D eigenvalue weighted by Gasteiger charge is -2.24. The van der Waals surface area contributed by atoms with Gasteiger partial charge in [0.1, 0.15) is 0 Å². The van der Waals surface area contributed by atoms with Crippen LogP contribution < -0.4 is 0 Å². The topological polar surface area (TPSA) is 12.9 Å². The van der Waals surface area contributed by atoms with E-state index in [9.17, 15) is 0 Å². The maximum Gasteiger partial charge on any atom is 0.0434 e. The highest BCUT2D eigenvalue weighted by Gasteiger charge is 2.25. The van der Waals surface area contributed by atoms with E-state index >= 15 is 0 Å². The molecule has 1 nitrogen and oxygen atoms in total. The second kappa shape index (κ2) is 5.20. The average molecular weight is 231 g/mol. The van der Waals surface area contributed by atoms with E-state index in [4.69, 9.17) is 0 Å². The third-order valence-electron chi connectivity index (χ3n) is 4.03. The lowest BCUT2D eigenvalue weighted by Crippen LogP contribution is -2.18. The molecule has 1 fully saturated rings. The van der Waals surface area contributed by atoms with Crippen LogP contribution in [0.5, 0.6) is 0 Å². The molecule has 0 aromatic carbocycles. The molecule has 1 saturated carbocycles. The summed E-state index contributed by atoms with van der Waals surface area (Å²) in [6, 6.07) is 4.53. The molecule has 1 aliphatic rings. The molecule has 0 aliphatic heterocycles. The first kappa shape index (κ1) is 12.6. The fourth-order valence-electron chi connectivity index (χ4n) is 2.69.